The summed E-state index contributed by atoms with van der Waals surface area (Å²) in [6.07, 6.45) is 4.51. The van der Waals surface area contributed by atoms with Crippen LogP contribution in [0, 0.1) is 11.8 Å². The van der Waals surface area contributed by atoms with E-state index in [1.807, 2.05) is 12.2 Å². The highest BCUT2D eigenvalue weighted by atomic mass is 35.5. The van der Waals surface area contributed by atoms with Gasteiger partial charge in [0.1, 0.15) is 6.04 Å². The maximum absolute atomic E-state index is 13.6. The lowest BCUT2D eigenvalue weighted by molar-refractivity contribution is -0.156. The van der Waals surface area contributed by atoms with Crippen LogP contribution < -0.4 is 0 Å². The van der Waals surface area contributed by atoms with Gasteiger partial charge in [-0.2, -0.15) is 5.01 Å². The number of hydrazine groups is 1. The first-order valence-corrected chi connectivity index (χ1v) is 11.4. The molecule has 0 N–H and O–H groups in total. The zero-order valence-electron chi connectivity index (χ0n) is 17.5. The minimum atomic E-state index is -1.16. The number of hydrogen-bond donors (Lipinski definition) is 0. The first-order valence-electron chi connectivity index (χ1n) is 10.3. The monoisotopic (exact) mass is 504 g/mol. The Morgan fingerprint density at radius 2 is 1.42 bits per heavy atom. The molecule has 0 unspecified atom stereocenters. The van der Waals surface area contributed by atoms with Crippen molar-refractivity contribution in [3.8, 4) is 0 Å². The van der Waals surface area contributed by atoms with Crippen LogP contribution in [-0.2, 0) is 9.59 Å². The number of amides is 3. The van der Waals surface area contributed by atoms with E-state index in [1.165, 1.54) is 37.3 Å². The number of nitrogens with zero attached hydrogens (tertiary/aromatic N) is 2. The summed E-state index contributed by atoms with van der Waals surface area (Å²) in [6, 6.07) is 9.23. The highest BCUT2D eigenvalue weighted by Gasteiger charge is 2.52. The van der Waals surface area contributed by atoms with Crippen LogP contribution in [0.3, 0.4) is 0 Å². The number of hydrogen-bond acceptors (Lipinski definition) is 4. The average Bonchev–Trinajstić information content (AvgIpc) is 3.06. The van der Waals surface area contributed by atoms with Gasteiger partial charge in [0.2, 0.25) is 0 Å². The third kappa shape index (κ3) is 4.31. The Labute approximate surface area is 205 Å². The maximum Gasteiger partial charge on any atom is 0.273 e. The van der Waals surface area contributed by atoms with Crippen LogP contribution in [0.1, 0.15) is 40.5 Å². The largest absolute Gasteiger partial charge is 0.292 e. The van der Waals surface area contributed by atoms with Gasteiger partial charge >= 0.3 is 0 Å². The SMILES string of the molecule is C[C@H](C(=O)c1ccc(Cl)cc1)N(C(=O)c1ccc(Cl)c(Cl)c1)N1C(=O)[C@H]2CC=CC[C@H]2C1=O. The van der Waals surface area contributed by atoms with Gasteiger partial charge in [0.15, 0.2) is 5.78 Å². The normalized spacial score (nSPS) is 20.5. The van der Waals surface area contributed by atoms with Gasteiger partial charge in [0.05, 0.1) is 21.9 Å². The summed E-state index contributed by atoms with van der Waals surface area (Å²) < 4.78 is 0. The van der Waals surface area contributed by atoms with Gasteiger partial charge in [-0.25, -0.2) is 5.01 Å². The average molecular weight is 506 g/mol. The number of rotatable bonds is 5. The van der Waals surface area contributed by atoms with Gasteiger partial charge in [0, 0.05) is 16.1 Å². The number of ketones is 1. The standard InChI is InChI=1S/C24H19Cl3N2O4/c1-13(21(30)14-6-9-16(25)10-7-14)28(22(31)15-8-11-19(26)20(27)12-15)29-23(32)17-4-2-3-5-18(17)24(29)33/h2-3,6-13,17-18H,4-5H2,1H3/t13-,17-,18+/m1/s1. The fourth-order valence-electron chi connectivity index (χ4n) is 4.16. The third-order valence-corrected chi connectivity index (χ3v) is 6.94. The number of Topliss-reactive ketones (excluding diaryl/α,β-unsaturated/α-hetero) is 1. The Morgan fingerprint density at radius 1 is 0.879 bits per heavy atom. The number of fused-ring (bicyclic) bond motifs is 1. The minimum Gasteiger partial charge on any atom is -0.292 e. The molecule has 4 rings (SSSR count). The van der Waals surface area contributed by atoms with E-state index in [9.17, 15) is 19.2 Å². The second-order valence-corrected chi connectivity index (χ2v) is 9.22. The molecule has 170 valence electrons. The predicted molar refractivity (Wildman–Crippen MR) is 125 cm³/mol. The molecule has 3 atom stereocenters. The molecular weight excluding hydrogens is 487 g/mol. The fourth-order valence-corrected chi connectivity index (χ4v) is 4.59. The van der Waals surface area contributed by atoms with Crippen molar-refractivity contribution in [1.29, 1.82) is 0 Å². The lowest BCUT2D eigenvalue weighted by atomic mass is 9.85. The van der Waals surface area contributed by atoms with Crippen LogP contribution in [0.2, 0.25) is 15.1 Å². The molecule has 9 heteroatoms. The molecule has 3 amide bonds. The highest BCUT2D eigenvalue weighted by Crippen LogP contribution is 2.37. The van der Waals surface area contributed by atoms with E-state index in [2.05, 4.69) is 0 Å². The Kier molecular flexibility index (Phi) is 6.61. The number of carbonyl (C=O) groups excluding carboxylic acids is 4. The summed E-state index contributed by atoms with van der Waals surface area (Å²) in [7, 11) is 0. The second kappa shape index (κ2) is 9.29. The number of halogens is 3. The van der Waals surface area contributed by atoms with Crippen LogP contribution in [-0.4, -0.2) is 39.6 Å². The molecule has 1 aliphatic heterocycles. The van der Waals surface area contributed by atoms with Crippen LogP contribution in [0.4, 0.5) is 0 Å². The molecule has 0 saturated carbocycles. The fraction of sp³-hybridized carbons (Fsp3) is 0.250. The Morgan fingerprint density at radius 3 is 1.97 bits per heavy atom. The third-order valence-electron chi connectivity index (χ3n) is 5.95. The first-order chi connectivity index (χ1) is 15.7. The smallest absolute Gasteiger partial charge is 0.273 e. The van der Waals surface area contributed by atoms with Crippen molar-refractivity contribution in [2.24, 2.45) is 11.8 Å². The van der Waals surface area contributed by atoms with Gasteiger partial charge in [-0.3, -0.25) is 19.2 Å². The topological polar surface area (TPSA) is 74.8 Å². The maximum atomic E-state index is 13.6. The summed E-state index contributed by atoms with van der Waals surface area (Å²) in [5, 5.41) is 2.61. The summed E-state index contributed by atoms with van der Waals surface area (Å²) in [5.41, 5.74) is 0.380. The molecule has 2 aliphatic rings. The Hall–Kier alpha value is -2.67. The molecule has 0 spiro atoms. The number of imide groups is 1. The molecule has 6 nitrogen and oxygen atoms in total. The molecule has 0 radical (unpaired) electrons. The van der Waals surface area contributed by atoms with Crippen LogP contribution >= 0.6 is 34.8 Å². The van der Waals surface area contributed by atoms with E-state index in [1.54, 1.807) is 12.1 Å². The van der Waals surface area contributed by atoms with E-state index in [0.29, 0.717) is 17.9 Å². The zero-order chi connectivity index (χ0) is 23.9. The summed E-state index contributed by atoms with van der Waals surface area (Å²) in [6.45, 7) is 1.48. The van der Waals surface area contributed by atoms with Crippen LogP contribution in [0.15, 0.2) is 54.6 Å². The summed E-state index contributed by atoms with van der Waals surface area (Å²) >= 11 is 18.0. The lowest BCUT2D eigenvalue weighted by Gasteiger charge is -2.34. The predicted octanol–water partition coefficient (Wildman–Crippen LogP) is 5.23. The highest BCUT2D eigenvalue weighted by molar-refractivity contribution is 6.42. The molecular formula is C24H19Cl3N2O4. The first kappa shape index (κ1) is 23.5. The van der Waals surface area contributed by atoms with Crippen molar-refractivity contribution >= 4 is 58.3 Å². The molecule has 2 aromatic rings. The lowest BCUT2D eigenvalue weighted by Crippen LogP contribution is -2.56. The number of allylic oxidation sites excluding steroid dienone is 2. The van der Waals surface area contributed by atoms with E-state index < -0.39 is 41.4 Å². The Balaban J connectivity index is 1.76. The molecule has 1 aliphatic carbocycles. The van der Waals surface area contributed by atoms with E-state index in [0.717, 1.165) is 10.0 Å². The van der Waals surface area contributed by atoms with E-state index in [-0.39, 0.29) is 21.2 Å². The van der Waals surface area contributed by atoms with Gasteiger partial charge in [-0.15, -0.1) is 0 Å². The van der Waals surface area contributed by atoms with Crippen molar-refractivity contribution in [3.63, 3.8) is 0 Å². The van der Waals surface area contributed by atoms with Crippen molar-refractivity contribution in [2.45, 2.75) is 25.8 Å². The second-order valence-electron chi connectivity index (χ2n) is 7.97. The molecule has 33 heavy (non-hydrogen) atoms. The van der Waals surface area contributed by atoms with Gasteiger partial charge in [-0.1, -0.05) is 47.0 Å². The van der Waals surface area contributed by atoms with Crippen molar-refractivity contribution in [3.05, 3.63) is 80.8 Å². The zero-order valence-corrected chi connectivity index (χ0v) is 19.8. The number of carbonyl (C=O) groups is 4. The van der Waals surface area contributed by atoms with Gasteiger partial charge in [0.25, 0.3) is 17.7 Å². The van der Waals surface area contributed by atoms with E-state index >= 15 is 0 Å². The van der Waals surface area contributed by atoms with Crippen molar-refractivity contribution < 1.29 is 19.2 Å². The van der Waals surface area contributed by atoms with Crippen LogP contribution in [0.5, 0.6) is 0 Å². The quantitative estimate of drug-likeness (QED) is 0.317. The van der Waals surface area contributed by atoms with Gasteiger partial charge < -0.3 is 0 Å². The van der Waals surface area contributed by atoms with E-state index in [4.69, 9.17) is 34.8 Å². The van der Waals surface area contributed by atoms with Crippen molar-refractivity contribution in [2.75, 3.05) is 0 Å². The Bertz CT molecular complexity index is 1150. The molecule has 0 aromatic heterocycles. The van der Waals surface area contributed by atoms with Crippen molar-refractivity contribution in [1.82, 2.24) is 10.0 Å². The molecule has 1 heterocycles. The molecule has 1 fully saturated rings. The molecule has 0 bridgehead atoms. The minimum absolute atomic E-state index is 0.0914. The number of benzene rings is 2. The molecule has 2 aromatic carbocycles. The van der Waals surface area contributed by atoms with Gasteiger partial charge in [-0.05, 0) is 62.2 Å². The summed E-state index contributed by atoms with van der Waals surface area (Å²) in [5.74, 6) is -3.30. The summed E-state index contributed by atoms with van der Waals surface area (Å²) in [4.78, 5) is 53.4. The molecule has 1 saturated heterocycles. The van der Waals surface area contributed by atoms with Crippen LogP contribution in [0.25, 0.3) is 0 Å².